The zero-order chi connectivity index (χ0) is 12.5. The topological polar surface area (TPSA) is 45.8 Å². The van der Waals surface area contributed by atoms with Crippen LogP contribution in [0.1, 0.15) is 51.0 Å². The summed E-state index contributed by atoms with van der Waals surface area (Å²) in [5, 5.41) is 8.75. The average Bonchev–Trinajstić information content (AvgIpc) is 2.35. The molecule has 0 atom stereocenters. The van der Waals surface area contributed by atoms with Crippen molar-refractivity contribution in [1.82, 2.24) is 4.57 Å². The number of nitrogens with zero attached hydrogens (tertiary/aromatic N) is 2. The maximum atomic E-state index is 11.7. The normalized spacial score (nSPS) is 10.1. The number of rotatable bonds is 7. The Bertz CT molecular complexity index is 429. The number of hydrogen-bond acceptors (Lipinski definition) is 2. The van der Waals surface area contributed by atoms with E-state index in [1.807, 2.05) is 6.07 Å². The van der Waals surface area contributed by atoms with Crippen LogP contribution in [0.15, 0.2) is 23.1 Å². The number of aryl methyl sites for hydroxylation is 1. The van der Waals surface area contributed by atoms with E-state index in [1.54, 1.807) is 22.9 Å². The van der Waals surface area contributed by atoms with Crippen LogP contribution in [0.2, 0.25) is 0 Å². The Morgan fingerprint density at radius 2 is 1.94 bits per heavy atom. The van der Waals surface area contributed by atoms with Crippen LogP contribution in [0.4, 0.5) is 0 Å². The lowest BCUT2D eigenvalue weighted by molar-refractivity contribution is 0.549. The summed E-state index contributed by atoms with van der Waals surface area (Å²) in [5.41, 5.74) is 0.0713. The summed E-state index contributed by atoms with van der Waals surface area (Å²) in [7, 11) is 0. The lowest BCUT2D eigenvalue weighted by Gasteiger charge is -2.05. The fraction of sp³-hybridized carbons (Fsp3) is 0.571. The van der Waals surface area contributed by atoms with Crippen molar-refractivity contribution in [3.05, 3.63) is 34.2 Å². The Hall–Kier alpha value is -1.56. The lowest BCUT2D eigenvalue weighted by Crippen LogP contribution is -2.21. The summed E-state index contributed by atoms with van der Waals surface area (Å²) in [6.45, 7) is 2.92. The molecule has 1 aromatic rings. The van der Waals surface area contributed by atoms with Gasteiger partial charge in [-0.3, -0.25) is 4.79 Å². The van der Waals surface area contributed by atoms with Gasteiger partial charge in [0.25, 0.3) is 5.56 Å². The predicted molar refractivity (Wildman–Crippen MR) is 68.8 cm³/mol. The molecular weight excluding hydrogens is 212 g/mol. The summed E-state index contributed by atoms with van der Waals surface area (Å²) in [4.78, 5) is 11.7. The van der Waals surface area contributed by atoms with Crippen LogP contribution in [-0.4, -0.2) is 4.57 Å². The van der Waals surface area contributed by atoms with Crippen LogP contribution >= 0.6 is 0 Å². The molecule has 0 aliphatic carbocycles. The molecule has 0 bridgehead atoms. The van der Waals surface area contributed by atoms with Crippen molar-refractivity contribution in [2.75, 3.05) is 0 Å². The SMILES string of the molecule is CCCCCCCCn1cccc(C#N)c1=O. The molecule has 0 saturated heterocycles. The van der Waals surface area contributed by atoms with Crippen LogP contribution < -0.4 is 5.56 Å². The van der Waals surface area contributed by atoms with E-state index in [-0.39, 0.29) is 11.1 Å². The van der Waals surface area contributed by atoms with Gasteiger partial charge in [0.15, 0.2) is 0 Å². The highest BCUT2D eigenvalue weighted by Gasteiger charge is 2.01. The van der Waals surface area contributed by atoms with E-state index >= 15 is 0 Å². The first kappa shape index (κ1) is 13.5. The van der Waals surface area contributed by atoms with Crippen molar-refractivity contribution in [2.45, 2.75) is 52.0 Å². The standard InChI is InChI=1S/C14H20N2O/c1-2-3-4-5-6-7-10-16-11-8-9-13(12-15)14(16)17/h8-9,11H,2-7,10H2,1H3. The first-order chi connectivity index (χ1) is 8.29. The van der Waals surface area contributed by atoms with Crippen molar-refractivity contribution < 1.29 is 0 Å². The zero-order valence-electron chi connectivity index (χ0n) is 10.5. The summed E-state index contributed by atoms with van der Waals surface area (Å²) >= 11 is 0. The second-order valence-corrected chi connectivity index (χ2v) is 4.30. The largest absolute Gasteiger partial charge is 0.314 e. The van der Waals surface area contributed by atoms with Crippen molar-refractivity contribution in [1.29, 1.82) is 5.26 Å². The van der Waals surface area contributed by atoms with Crippen molar-refractivity contribution in [3.63, 3.8) is 0 Å². The first-order valence-electron chi connectivity index (χ1n) is 6.39. The highest BCUT2D eigenvalue weighted by atomic mass is 16.1. The molecule has 1 aromatic heterocycles. The Balaban J connectivity index is 2.38. The van der Waals surface area contributed by atoms with Gasteiger partial charge in [-0.15, -0.1) is 0 Å². The van der Waals surface area contributed by atoms with Gasteiger partial charge in [0.05, 0.1) is 0 Å². The van der Waals surface area contributed by atoms with Crippen LogP contribution in [-0.2, 0) is 6.54 Å². The lowest BCUT2D eigenvalue weighted by atomic mass is 10.1. The highest BCUT2D eigenvalue weighted by molar-refractivity contribution is 5.24. The maximum Gasteiger partial charge on any atom is 0.268 e. The summed E-state index contributed by atoms with van der Waals surface area (Å²) in [5.74, 6) is 0. The van der Waals surface area contributed by atoms with E-state index in [4.69, 9.17) is 5.26 Å². The van der Waals surface area contributed by atoms with E-state index < -0.39 is 0 Å². The number of pyridine rings is 1. The molecule has 0 fully saturated rings. The Morgan fingerprint density at radius 3 is 2.65 bits per heavy atom. The van der Waals surface area contributed by atoms with Gasteiger partial charge < -0.3 is 4.57 Å². The molecule has 17 heavy (non-hydrogen) atoms. The van der Waals surface area contributed by atoms with Crippen LogP contribution in [0, 0.1) is 11.3 Å². The molecule has 0 saturated carbocycles. The van der Waals surface area contributed by atoms with E-state index in [0.717, 1.165) is 19.4 Å². The van der Waals surface area contributed by atoms with Crippen molar-refractivity contribution in [2.24, 2.45) is 0 Å². The zero-order valence-corrected chi connectivity index (χ0v) is 10.5. The molecule has 3 heteroatoms. The molecule has 0 spiro atoms. The highest BCUT2D eigenvalue weighted by Crippen LogP contribution is 2.05. The fourth-order valence-corrected chi connectivity index (χ4v) is 1.86. The second kappa shape index (κ2) is 7.67. The molecule has 0 amide bonds. The Kier molecular flexibility index (Phi) is 6.09. The first-order valence-corrected chi connectivity index (χ1v) is 6.39. The third-order valence-corrected chi connectivity index (χ3v) is 2.89. The van der Waals surface area contributed by atoms with Gasteiger partial charge in [-0.2, -0.15) is 5.26 Å². The second-order valence-electron chi connectivity index (χ2n) is 4.30. The molecule has 0 N–H and O–H groups in total. The quantitative estimate of drug-likeness (QED) is 0.678. The molecule has 0 aromatic carbocycles. The number of unbranched alkanes of at least 4 members (excludes halogenated alkanes) is 5. The van der Waals surface area contributed by atoms with Gasteiger partial charge in [0.2, 0.25) is 0 Å². The number of nitriles is 1. The van der Waals surface area contributed by atoms with Crippen LogP contribution in [0.25, 0.3) is 0 Å². The smallest absolute Gasteiger partial charge is 0.268 e. The molecular formula is C14H20N2O. The number of hydrogen-bond donors (Lipinski definition) is 0. The molecule has 0 unspecified atom stereocenters. The maximum absolute atomic E-state index is 11.7. The summed E-state index contributed by atoms with van der Waals surface area (Å²) in [6, 6.07) is 5.25. The monoisotopic (exact) mass is 232 g/mol. The predicted octanol–water partition coefficient (Wildman–Crippen LogP) is 3.08. The van der Waals surface area contributed by atoms with E-state index in [0.29, 0.717) is 0 Å². The van der Waals surface area contributed by atoms with E-state index in [1.165, 1.54) is 25.7 Å². The van der Waals surface area contributed by atoms with Gasteiger partial charge in [-0.1, -0.05) is 39.0 Å². The third kappa shape index (κ3) is 4.44. The van der Waals surface area contributed by atoms with Gasteiger partial charge in [0.1, 0.15) is 11.6 Å². The minimum absolute atomic E-state index is 0.163. The van der Waals surface area contributed by atoms with Gasteiger partial charge in [-0.05, 0) is 18.6 Å². The molecule has 1 rings (SSSR count). The minimum atomic E-state index is -0.163. The average molecular weight is 232 g/mol. The van der Waals surface area contributed by atoms with Crippen molar-refractivity contribution in [3.8, 4) is 6.07 Å². The Labute approximate surface area is 103 Å². The van der Waals surface area contributed by atoms with E-state index in [9.17, 15) is 4.79 Å². The number of aromatic nitrogens is 1. The molecule has 0 radical (unpaired) electrons. The van der Waals surface area contributed by atoms with Crippen LogP contribution in [0.3, 0.4) is 0 Å². The molecule has 0 aliphatic rings. The van der Waals surface area contributed by atoms with Crippen LogP contribution in [0.5, 0.6) is 0 Å². The molecule has 3 nitrogen and oxygen atoms in total. The van der Waals surface area contributed by atoms with Gasteiger partial charge >= 0.3 is 0 Å². The molecule has 1 heterocycles. The van der Waals surface area contributed by atoms with E-state index in [2.05, 4.69) is 6.92 Å². The summed E-state index contributed by atoms with van der Waals surface area (Å²) < 4.78 is 1.64. The summed E-state index contributed by atoms with van der Waals surface area (Å²) in [6.07, 6.45) is 8.99. The fourth-order valence-electron chi connectivity index (χ4n) is 1.86. The van der Waals surface area contributed by atoms with Crippen molar-refractivity contribution >= 4 is 0 Å². The molecule has 0 aliphatic heterocycles. The minimum Gasteiger partial charge on any atom is -0.314 e. The van der Waals surface area contributed by atoms with Gasteiger partial charge in [0, 0.05) is 12.7 Å². The Morgan fingerprint density at radius 1 is 1.24 bits per heavy atom. The van der Waals surface area contributed by atoms with Gasteiger partial charge in [-0.25, -0.2) is 0 Å². The third-order valence-electron chi connectivity index (χ3n) is 2.89. The molecule has 92 valence electrons.